The molecule has 0 bridgehead atoms. The first-order valence-electron chi connectivity index (χ1n) is 10.5. The first-order chi connectivity index (χ1) is 16.1. The number of amides is 1. The van der Waals surface area contributed by atoms with Gasteiger partial charge in [0, 0.05) is 5.69 Å². The van der Waals surface area contributed by atoms with E-state index in [1.165, 1.54) is 30.3 Å². The minimum absolute atomic E-state index is 0.0727. The molecule has 34 heavy (non-hydrogen) atoms. The van der Waals surface area contributed by atoms with E-state index in [1.807, 2.05) is 19.9 Å². The molecule has 0 fully saturated rings. The lowest BCUT2D eigenvalue weighted by atomic mass is 10.2. The Hall–Kier alpha value is -3.36. The molecule has 3 rings (SSSR count). The van der Waals surface area contributed by atoms with Crippen molar-refractivity contribution < 1.29 is 22.7 Å². The standard InChI is InChI=1S/C25H25ClN2O5S/c1-4-33-25(30)22-15-19(10-13-23(22)26)27-24(29)16-28(20-7-5-6-18(3)14-20)34(31,32)21-11-8-17(2)9-12-21/h5-15H,4,16H2,1-3H3,(H,27,29). The van der Waals surface area contributed by atoms with Gasteiger partial charge in [-0.1, -0.05) is 41.4 Å². The smallest absolute Gasteiger partial charge is 0.339 e. The highest BCUT2D eigenvalue weighted by molar-refractivity contribution is 7.92. The molecule has 7 nitrogen and oxygen atoms in total. The number of aryl methyl sites for hydroxylation is 2. The number of esters is 1. The fraction of sp³-hybridized carbons (Fsp3) is 0.200. The Morgan fingerprint density at radius 2 is 1.68 bits per heavy atom. The predicted octanol–water partition coefficient (Wildman–Crippen LogP) is 4.97. The largest absolute Gasteiger partial charge is 0.462 e. The van der Waals surface area contributed by atoms with Crippen molar-refractivity contribution in [1.82, 2.24) is 0 Å². The number of hydrogen-bond donors (Lipinski definition) is 1. The van der Waals surface area contributed by atoms with Crippen LogP contribution in [0.1, 0.15) is 28.4 Å². The second kappa shape index (κ2) is 10.7. The lowest BCUT2D eigenvalue weighted by Gasteiger charge is -2.24. The maximum atomic E-state index is 13.5. The Morgan fingerprint density at radius 1 is 0.971 bits per heavy atom. The molecule has 0 aliphatic heterocycles. The molecule has 3 aromatic carbocycles. The summed E-state index contributed by atoms with van der Waals surface area (Å²) in [6.07, 6.45) is 0. The van der Waals surface area contributed by atoms with Crippen LogP contribution in [0, 0.1) is 13.8 Å². The number of carbonyl (C=O) groups is 2. The Bertz CT molecular complexity index is 1310. The minimum Gasteiger partial charge on any atom is -0.462 e. The van der Waals surface area contributed by atoms with Gasteiger partial charge in [-0.3, -0.25) is 9.10 Å². The topological polar surface area (TPSA) is 92.8 Å². The molecular formula is C25H25ClN2O5S. The summed E-state index contributed by atoms with van der Waals surface area (Å²) in [5, 5.41) is 2.82. The summed E-state index contributed by atoms with van der Waals surface area (Å²) in [4.78, 5) is 25.1. The van der Waals surface area contributed by atoms with Gasteiger partial charge in [0.05, 0.1) is 27.8 Å². The molecule has 1 N–H and O–H groups in total. The lowest BCUT2D eigenvalue weighted by Crippen LogP contribution is -2.38. The highest BCUT2D eigenvalue weighted by atomic mass is 35.5. The van der Waals surface area contributed by atoms with Crippen molar-refractivity contribution in [3.05, 3.63) is 88.4 Å². The zero-order chi connectivity index (χ0) is 24.9. The fourth-order valence-electron chi connectivity index (χ4n) is 3.23. The first-order valence-corrected chi connectivity index (χ1v) is 12.4. The van der Waals surface area contributed by atoms with Crippen molar-refractivity contribution >= 4 is 44.9 Å². The Morgan fingerprint density at radius 3 is 2.32 bits per heavy atom. The van der Waals surface area contributed by atoms with Gasteiger partial charge in [-0.15, -0.1) is 0 Å². The highest BCUT2D eigenvalue weighted by Gasteiger charge is 2.27. The molecule has 0 radical (unpaired) electrons. The van der Waals surface area contributed by atoms with E-state index in [2.05, 4.69) is 5.32 Å². The van der Waals surface area contributed by atoms with Crippen molar-refractivity contribution in [2.24, 2.45) is 0 Å². The van der Waals surface area contributed by atoms with Gasteiger partial charge in [0.15, 0.2) is 0 Å². The minimum atomic E-state index is -4.03. The Balaban J connectivity index is 1.91. The summed E-state index contributed by atoms with van der Waals surface area (Å²) in [5.74, 6) is -1.21. The van der Waals surface area contributed by atoms with Crippen LogP contribution >= 0.6 is 11.6 Å². The van der Waals surface area contributed by atoms with E-state index in [1.54, 1.807) is 37.3 Å². The zero-order valence-corrected chi connectivity index (χ0v) is 20.6. The van der Waals surface area contributed by atoms with E-state index in [0.29, 0.717) is 5.69 Å². The number of anilines is 2. The summed E-state index contributed by atoms with van der Waals surface area (Å²) in [7, 11) is -4.03. The summed E-state index contributed by atoms with van der Waals surface area (Å²) in [6.45, 7) is 5.07. The summed E-state index contributed by atoms with van der Waals surface area (Å²) in [5.41, 5.74) is 2.51. The molecule has 0 spiro atoms. The molecule has 0 atom stereocenters. The predicted molar refractivity (Wildman–Crippen MR) is 133 cm³/mol. The summed E-state index contributed by atoms with van der Waals surface area (Å²) in [6, 6.07) is 17.7. The second-order valence-corrected chi connectivity index (χ2v) is 9.90. The molecule has 0 saturated heterocycles. The number of hydrogen-bond acceptors (Lipinski definition) is 5. The van der Waals surface area contributed by atoms with Crippen LogP contribution in [-0.2, 0) is 19.6 Å². The van der Waals surface area contributed by atoms with Gasteiger partial charge in [-0.05, 0) is 68.8 Å². The number of nitrogens with one attached hydrogen (secondary N) is 1. The molecule has 0 saturated carbocycles. The van der Waals surface area contributed by atoms with E-state index in [0.717, 1.165) is 15.4 Å². The van der Waals surface area contributed by atoms with Gasteiger partial charge in [-0.25, -0.2) is 13.2 Å². The molecule has 0 aliphatic carbocycles. The van der Waals surface area contributed by atoms with Crippen LogP contribution in [0.5, 0.6) is 0 Å². The SMILES string of the molecule is CCOC(=O)c1cc(NC(=O)CN(c2cccc(C)c2)S(=O)(=O)c2ccc(C)cc2)ccc1Cl. The molecule has 178 valence electrons. The number of rotatable bonds is 8. The highest BCUT2D eigenvalue weighted by Crippen LogP contribution is 2.26. The zero-order valence-electron chi connectivity index (χ0n) is 19.0. The van der Waals surface area contributed by atoms with Crippen molar-refractivity contribution in [3.63, 3.8) is 0 Å². The third kappa shape index (κ3) is 5.95. The number of sulfonamides is 1. The van der Waals surface area contributed by atoms with Crippen LogP contribution < -0.4 is 9.62 Å². The van der Waals surface area contributed by atoms with Gasteiger partial charge in [0.25, 0.3) is 10.0 Å². The molecule has 0 unspecified atom stereocenters. The third-order valence-electron chi connectivity index (χ3n) is 4.93. The molecule has 3 aromatic rings. The van der Waals surface area contributed by atoms with Crippen molar-refractivity contribution in [2.75, 3.05) is 22.8 Å². The van der Waals surface area contributed by atoms with Gasteiger partial charge in [0.1, 0.15) is 6.54 Å². The van der Waals surface area contributed by atoms with E-state index in [9.17, 15) is 18.0 Å². The first kappa shape index (κ1) is 25.3. The number of benzene rings is 3. The third-order valence-corrected chi connectivity index (χ3v) is 7.05. The van der Waals surface area contributed by atoms with Gasteiger partial charge in [0.2, 0.25) is 5.91 Å². The van der Waals surface area contributed by atoms with Gasteiger partial charge in [-0.2, -0.15) is 0 Å². The number of ether oxygens (including phenoxy) is 1. The number of nitrogens with zero attached hydrogens (tertiary/aromatic N) is 1. The normalized spacial score (nSPS) is 11.1. The number of carbonyl (C=O) groups excluding carboxylic acids is 2. The molecule has 0 aromatic heterocycles. The van der Waals surface area contributed by atoms with Crippen molar-refractivity contribution in [2.45, 2.75) is 25.7 Å². The lowest BCUT2D eigenvalue weighted by molar-refractivity contribution is -0.114. The average Bonchev–Trinajstić information content (AvgIpc) is 2.79. The van der Waals surface area contributed by atoms with Crippen LogP contribution in [0.2, 0.25) is 5.02 Å². The average molecular weight is 501 g/mol. The van der Waals surface area contributed by atoms with E-state index >= 15 is 0 Å². The molecular weight excluding hydrogens is 476 g/mol. The summed E-state index contributed by atoms with van der Waals surface area (Å²) >= 11 is 6.08. The van der Waals surface area contributed by atoms with Gasteiger partial charge >= 0.3 is 5.97 Å². The molecule has 0 aliphatic rings. The summed E-state index contributed by atoms with van der Waals surface area (Å²) < 4.78 is 33.0. The Kier molecular flexibility index (Phi) is 7.96. The van der Waals surface area contributed by atoms with Crippen LogP contribution in [0.25, 0.3) is 0 Å². The second-order valence-electron chi connectivity index (χ2n) is 7.63. The van der Waals surface area contributed by atoms with Crippen LogP contribution in [0.15, 0.2) is 71.6 Å². The van der Waals surface area contributed by atoms with E-state index < -0.39 is 28.4 Å². The molecule has 1 amide bonds. The Labute approximate surface area is 204 Å². The quantitative estimate of drug-likeness (QED) is 0.441. The van der Waals surface area contributed by atoms with E-state index in [4.69, 9.17) is 16.3 Å². The maximum absolute atomic E-state index is 13.5. The monoisotopic (exact) mass is 500 g/mol. The molecule has 0 heterocycles. The van der Waals surface area contributed by atoms with Crippen LogP contribution in [-0.4, -0.2) is 33.4 Å². The van der Waals surface area contributed by atoms with Crippen molar-refractivity contribution in [3.8, 4) is 0 Å². The maximum Gasteiger partial charge on any atom is 0.339 e. The van der Waals surface area contributed by atoms with Crippen LogP contribution in [0.3, 0.4) is 0 Å². The fourth-order valence-corrected chi connectivity index (χ4v) is 4.84. The van der Waals surface area contributed by atoms with Crippen molar-refractivity contribution in [1.29, 1.82) is 0 Å². The van der Waals surface area contributed by atoms with Gasteiger partial charge < -0.3 is 10.1 Å². The van der Waals surface area contributed by atoms with Crippen LogP contribution in [0.4, 0.5) is 11.4 Å². The van der Waals surface area contributed by atoms with E-state index in [-0.39, 0.29) is 27.8 Å². The molecule has 9 heteroatoms. The number of halogens is 1.